The van der Waals surface area contributed by atoms with Crippen LogP contribution in [0.3, 0.4) is 0 Å². The van der Waals surface area contributed by atoms with E-state index < -0.39 is 8.07 Å². The summed E-state index contributed by atoms with van der Waals surface area (Å²) in [6, 6.07) is 0. The fourth-order valence-electron chi connectivity index (χ4n) is 2.23. The van der Waals surface area contributed by atoms with Crippen molar-refractivity contribution in [1.82, 2.24) is 0 Å². The van der Waals surface area contributed by atoms with Crippen LogP contribution in [0.4, 0.5) is 0 Å². The second-order valence-corrected chi connectivity index (χ2v) is 11.9. The maximum absolute atomic E-state index is 4.84. The summed E-state index contributed by atoms with van der Waals surface area (Å²) in [5.41, 5.74) is 13.1. The highest BCUT2D eigenvalue weighted by molar-refractivity contribution is 7.08. The largest absolute Gasteiger partial charge is 0.472 e. The van der Waals surface area contributed by atoms with E-state index in [-0.39, 0.29) is 0 Å². The minimum atomic E-state index is -0.990. The van der Waals surface area contributed by atoms with Gasteiger partial charge in [-0.15, -0.1) is 0 Å². The predicted molar refractivity (Wildman–Crippen MR) is 107 cm³/mol. The van der Waals surface area contributed by atoms with Gasteiger partial charge in [-0.25, -0.2) is 0 Å². The predicted octanol–water partition coefficient (Wildman–Crippen LogP) is 6.94. The summed E-state index contributed by atoms with van der Waals surface area (Å²) < 4.78 is 4.84. The molecule has 0 aromatic carbocycles. The third kappa shape index (κ3) is 6.75. The van der Waals surface area contributed by atoms with Gasteiger partial charge >= 0.3 is 0 Å². The zero-order valence-electron chi connectivity index (χ0n) is 15.8. The summed E-state index contributed by atoms with van der Waals surface area (Å²) in [5.74, 6) is 0. The average Bonchev–Trinajstić information content (AvgIpc) is 3.06. The van der Waals surface area contributed by atoms with Gasteiger partial charge in [0.15, 0.2) is 0 Å². The molecule has 2 aromatic heterocycles. The lowest BCUT2D eigenvalue weighted by Crippen LogP contribution is -2.16. The van der Waals surface area contributed by atoms with Crippen LogP contribution >= 0.6 is 11.3 Å². The molecule has 2 aromatic rings. The Morgan fingerprint density at radius 1 is 0.696 bits per heavy atom. The molecule has 0 unspecified atom stereocenters. The first-order chi connectivity index (χ1) is 10.6. The van der Waals surface area contributed by atoms with Crippen molar-refractivity contribution in [3.63, 3.8) is 0 Å². The molecular formula is C20H30OSSi. The highest BCUT2D eigenvalue weighted by atomic mass is 32.1. The van der Waals surface area contributed by atoms with Crippen molar-refractivity contribution in [2.45, 2.75) is 54.6 Å². The molecule has 0 saturated heterocycles. The number of allylic oxidation sites excluding steroid dienone is 2. The molecule has 0 aliphatic carbocycles. The number of hydrogen-bond donors (Lipinski definition) is 0. The highest BCUT2D eigenvalue weighted by Crippen LogP contribution is 2.24. The van der Waals surface area contributed by atoms with Crippen molar-refractivity contribution in [2.75, 3.05) is 0 Å². The molecular weight excluding hydrogens is 316 g/mol. The molecule has 23 heavy (non-hydrogen) atoms. The third-order valence-corrected chi connectivity index (χ3v) is 7.36. The number of aryl methyl sites for hydroxylation is 4. The minimum Gasteiger partial charge on any atom is -0.472 e. The number of rotatable bonds is 0. The second-order valence-electron chi connectivity index (χ2n) is 6.95. The Bertz CT molecular complexity index is 595. The lowest BCUT2D eigenvalue weighted by atomic mass is 10.2. The molecule has 126 valence electrons. The van der Waals surface area contributed by atoms with Crippen LogP contribution in [-0.2, 0) is 0 Å². The molecule has 0 atom stereocenters. The van der Waals surface area contributed by atoms with Gasteiger partial charge in [0.05, 0.1) is 20.6 Å². The Morgan fingerprint density at radius 3 is 1.22 bits per heavy atom. The van der Waals surface area contributed by atoms with Gasteiger partial charge in [-0.3, -0.25) is 0 Å². The van der Waals surface area contributed by atoms with E-state index in [2.05, 4.69) is 62.9 Å². The highest BCUT2D eigenvalue weighted by Gasteiger charge is 2.20. The first-order valence-corrected chi connectivity index (χ1v) is 12.1. The monoisotopic (exact) mass is 346 g/mol. The molecule has 0 radical (unpaired) electrons. The molecule has 3 heterocycles. The molecule has 1 nitrogen and oxygen atoms in total. The van der Waals surface area contributed by atoms with Crippen LogP contribution in [0, 0.1) is 27.7 Å². The van der Waals surface area contributed by atoms with Crippen molar-refractivity contribution < 1.29 is 4.42 Å². The van der Waals surface area contributed by atoms with Gasteiger partial charge in [0.25, 0.3) is 0 Å². The van der Waals surface area contributed by atoms with Gasteiger partial charge in [0, 0.05) is 0 Å². The van der Waals surface area contributed by atoms with E-state index in [0.29, 0.717) is 0 Å². The molecule has 0 amide bonds. The number of thiophene rings is 1. The summed E-state index contributed by atoms with van der Waals surface area (Å²) in [6.07, 6.45) is 3.49. The molecule has 0 spiro atoms. The van der Waals surface area contributed by atoms with Gasteiger partial charge in [-0.1, -0.05) is 35.6 Å². The van der Waals surface area contributed by atoms with Gasteiger partial charge in [-0.05, 0) is 74.6 Å². The van der Waals surface area contributed by atoms with Crippen LogP contribution in [0.2, 0.25) is 13.1 Å². The fraction of sp³-hybridized carbons (Fsp3) is 0.400. The van der Waals surface area contributed by atoms with Gasteiger partial charge in [-0.2, -0.15) is 11.3 Å². The van der Waals surface area contributed by atoms with Gasteiger partial charge < -0.3 is 4.42 Å². The van der Waals surface area contributed by atoms with Crippen molar-refractivity contribution >= 4 is 19.4 Å². The summed E-state index contributed by atoms with van der Waals surface area (Å²) >= 11 is 1.77. The van der Waals surface area contributed by atoms with E-state index in [1.165, 1.54) is 33.4 Å². The molecule has 1 aliphatic rings. The summed E-state index contributed by atoms with van der Waals surface area (Å²) in [7, 11) is -0.990. The van der Waals surface area contributed by atoms with Gasteiger partial charge in [0.1, 0.15) is 0 Å². The molecule has 1 aliphatic heterocycles. The standard InChI is InChI=1S/C8H14Si.C6H8O.C6H8S/c1-7-5-9(3,4)6-8(7)2;2*1-5-3-7-4-6(5)2/h5-6H,1-4H3;2*3-4H,1-2H3. The van der Waals surface area contributed by atoms with E-state index >= 15 is 0 Å². The van der Waals surface area contributed by atoms with Gasteiger partial charge in [0.2, 0.25) is 0 Å². The Morgan fingerprint density at radius 2 is 1.09 bits per heavy atom. The van der Waals surface area contributed by atoms with E-state index in [0.717, 1.165) is 0 Å². The first-order valence-electron chi connectivity index (χ1n) is 8.00. The molecule has 0 bridgehead atoms. The Balaban J connectivity index is 0.000000175. The maximum atomic E-state index is 4.84. The summed E-state index contributed by atoms with van der Waals surface area (Å²) in [4.78, 5) is 0. The summed E-state index contributed by atoms with van der Waals surface area (Å²) in [6.45, 7) is 17.5. The van der Waals surface area contributed by atoms with Crippen LogP contribution in [0.1, 0.15) is 36.1 Å². The lowest BCUT2D eigenvalue weighted by molar-refractivity contribution is 0.564. The topological polar surface area (TPSA) is 13.1 Å². The summed E-state index contributed by atoms with van der Waals surface area (Å²) in [5, 5.41) is 4.32. The van der Waals surface area contributed by atoms with Crippen molar-refractivity contribution in [3.8, 4) is 0 Å². The molecule has 3 heteroatoms. The average molecular weight is 347 g/mol. The van der Waals surface area contributed by atoms with Crippen molar-refractivity contribution in [1.29, 1.82) is 0 Å². The van der Waals surface area contributed by atoms with Crippen LogP contribution < -0.4 is 0 Å². The van der Waals surface area contributed by atoms with E-state index in [4.69, 9.17) is 4.42 Å². The zero-order chi connectivity index (χ0) is 17.6. The Kier molecular flexibility index (Phi) is 7.29. The second kappa shape index (κ2) is 8.51. The van der Waals surface area contributed by atoms with Crippen molar-refractivity contribution in [3.05, 3.63) is 68.1 Å². The molecule has 3 rings (SSSR count). The first kappa shape index (κ1) is 19.7. The number of hydrogen-bond acceptors (Lipinski definition) is 2. The number of furan rings is 1. The fourth-order valence-corrected chi connectivity index (χ4v) is 5.85. The molecule has 0 saturated carbocycles. The molecule has 0 N–H and O–H groups in total. The van der Waals surface area contributed by atoms with Crippen LogP contribution in [-0.4, -0.2) is 8.07 Å². The van der Waals surface area contributed by atoms with Crippen LogP contribution in [0.25, 0.3) is 0 Å². The van der Waals surface area contributed by atoms with E-state index in [1.54, 1.807) is 23.9 Å². The minimum absolute atomic E-state index is 0.990. The van der Waals surface area contributed by atoms with Crippen molar-refractivity contribution in [2.24, 2.45) is 0 Å². The zero-order valence-corrected chi connectivity index (χ0v) is 17.6. The van der Waals surface area contributed by atoms with Crippen LogP contribution in [0.5, 0.6) is 0 Å². The normalized spacial score (nSPS) is 15.0. The Hall–Kier alpha value is -1.32. The molecule has 0 fully saturated rings. The van der Waals surface area contributed by atoms with Crippen LogP contribution in [0.15, 0.2) is 50.2 Å². The lowest BCUT2D eigenvalue weighted by Gasteiger charge is -2.05. The van der Waals surface area contributed by atoms with E-state index in [1.807, 2.05) is 13.8 Å². The SMILES string of the molecule is CC1=C[Si](C)(C)C=C1C.Cc1cocc1C.Cc1cscc1C. The smallest absolute Gasteiger partial charge is 0.0960 e. The quantitative estimate of drug-likeness (QED) is 0.471. The maximum Gasteiger partial charge on any atom is 0.0960 e. The Labute approximate surface area is 146 Å². The third-order valence-electron chi connectivity index (χ3n) is 4.02. The van der Waals surface area contributed by atoms with E-state index in [9.17, 15) is 0 Å².